The lowest BCUT2D eigenvalue weighted by Gasteiger charge is -2.12. The molecular formula is C14H19N3. The number of nitrogens with zero attached hydrogens (tertiary/aromatic N) is 1. The lowest BCUT2D eigenvalue weighted by Crippen LogP contribution is -2.19. The van der Waals surface area contributed by atoms with Crippen molar-refractivity contribution in [2.24, 2.45) is 11.7 Å². The molecule has 0 spiro atoms. The van der Waals surface area contributed by atoms with Crippen LogP contribution in [-0.2, 0) is 12.0 Å². The molecule has 0 radical (unpaired) electrons. The van der Waals surface area contributed by atoms with E-state index >= 15 is 0 Å². The number of nitrogens with one attached hydrogen (secondary N) is 1. The Morgan fingerprint density at radius 3 is 2.82 bits per heavy atom. The van der Waals surface area contributed by atoms with Gasteiger partial charge in [0.05, 0.1) is 5.52 Å². The molecule has 3 N–H and O–H groups in total. The van der Waals surface area contributed by atoms with E-state index in [1.54, 1.807) is 0 Å². The van der Waals surface area contributed by atoms with Gasteiger partial charge in [-0.05, 0) is 36.8 Å². The SMILES string of the molecule is CC(C)Cc1[nH]nc2cccc(C3(N)CC3)c12. The number of fused-ring (bicyclic) bond motifs is 1. The Labute approximate surface area is 101 Å². The Balaban J connectivity index is 2.17. The molecule has 1 aromatic carbocycles. The number of hydrogen-bond donors (Lipinski definition) is 2. The fourth-order valence-electron chi connectivity index (χ4n) is 2.51. The van der Waals surface area contributed by atoms with E-state index in [4.69, 9.17) is 5.73 Å². The Hall–Kier alpha value is -1.35. The number of aromatic amines is 1. The van der Waals surface area contributed by atoms with E-state index in [-0.39, 0.29) is 5.54 Å². The maximum Gasteiger partial charge on any atom is 0.0927 e. The molecule has 3 rings (SSSR count). The van der Waals surface area contributed by atoms with Crippen LogP contribution in [0.3, 0.4) is 0 Å². The molecule has 1 aliphatic carbocycles. The lowest BCUT2D eigenvalue weighted by atomic mass is 9.96. The summed E-state index contributed by atoms with van der Waals surface area (Å²) in [7, 11) is 0. The van der Waals surface area contributed by atoms with E-state index in [2.05, 4.69) is 42.2 Å². The summed E-state index contributed by atoms with van der Waals surface area (Å²) in [5.74, 6) is 0.625. The zero-order valence-electron chi connectivity index (χ0n) is 10.5. The molecule has 1 heterocycles. The molecule has 1 aliphatic rings. The molecule has 3 nitrogen and oxygen atoms in total. The summed E-state index contributed by atoms with van der Waals surface area (Å²) >= 11 is 0. The monoisotopic (exact) mass is 229 g/mol. The van der Waals surface area contributed by atoms with Crippen LogP contribution in [0, 0.1) is 5.92 Å². The van der Waals surface area contributed by atoms with Crippen molar-refractivity contribution in [1.82, 2.24) is 10.2 Å². The average Bonchev–Trinajstić information content (AvgIpc) is 2.90. The summed E-state index contributed by atoms with van der Waals surface area (Å²) < 4.78 is 0. The molecule has 3 heteroatoms. The third kappa shape index (κ3) is 1.75. The first-order valence-electron chi connectivity index (χ1n) is 6.35. The third-order valence-corrected chi connectivity index (χ3v) is 3.59. The number of hydrogen-bond acceptors (Lipinski definition) is 2. The minimum Gasteiger partial charge on any atom is -0.321 e. The molecule has 0 aliphatic heterocycles. The normalized spacial score (nSPS) is 17.9. The van der Waals surface area contributed by atoms with Gasteiger partial charge in [-0.2, -0.15) is 5.10 Å². The van der Waals surface area contributed by atoms with Crippen molar-refractivity contribution in [1.29, 1.82) is 0 Å². The molecule has 0 saturated heterocycles. The van der Waals surface area contributed by atoms with Gasteiger partial charge in [0, 0.05) is 16.6 Å². The van der Waals surface area contributed by atoms with Crippen molar-refractivity contribution in [3.63, 3.8) is 0 Å². The zero-order chi connectivity index (χ0) is 12.0. The van der Waals surface area contributed by atoms with Crippen molar-refractivity contribution < 1.29 is 0 Å². The molecule has 1 aromatic heterocycles. The number of H-pyrrole nitrogens is 1. The van der Waals surface area contributed by atoms with Crippen LogP contribution in [0.15, 0.2) is 18.2 Å². The molecule has 1 fully saturated rings. The largest absolute Gasteiger partial charge is 0.321 e. The molecular weight excluding hydrogens is 210 g/mol. The minimum atomic E-state index is -0.0882. The first-order valence-corrected chi connectivity index (χ1v) is 6.35. The van der Waals surface area contributed by atoms with Gasteiger partial charge in [-0.25, -0.2) is 0 Å². The molecule has 0 unspecified atom stereocenters. The van der Waals surface area contributed by atoms with Crippen LogP contribution >= 0.6 is 0 Å². The highest BCUT2D eigenvalue weighted by molar-refractivity contribution is 5.86. The van der Waals surface area contributed by atoms with Gasteiger partial charge in [0.15, 0.2) is 0 Å². The Morgan fingerprint density at radius 1 is 1.41 bits per heavy atom. The van der Waals surface area contributed by atoms with Gasteiger partial charge >= 0.3 is 0 Å². The number of nitrogens with two attached hydrogens (primary N) is 1. The second kappa shape index (κ2) is 3.57. The summed E-state index contributed by atoms with van der Waals surface area (Å²) in [5, 5.41) is 8.84. The standard InChI is InChI=1S/C14H19N3/c1-9(2)8-12-13-10(14(15)6-7-14)4-3-5-11(13)16-17-12/h3-5,9H,6-8,15H2,1-2H3,(H,16,17). The summed E-state index contributed by atoms with van der Waals surface area (Å²) in [6.07, 6.45) is 3.22. The van der Waals surface area contributed by atoms with E-state index in [0.717, 1.165) is 24.8 Å². The summed E-state index contributed by atoms with van der Waals surface area (Å²) in [5.41, 5.74) is 9.83. The Kier molecular flexibility index (Phi) is 2.26. The highest BCUT2D eigenvalue weighted by Crippen LogP contribution is 2.45. The fourth-order valence-corrected chi connectivity index (χ4v) is 2.51. The van der Waals surface area contributed by atoms with Crippen molar-refractivity contribution in [3.8, 4) is 0 Å². The van der Waals surface area contributed by atoms with Gasteiger partial charge in [0.1, 0.15) is 0 Å². The van der Waals surface area contributed by atoms with Crippen LogP contribution in [0.1, 0.15) is 37.9 Å². The summed E-state index contributed by atoms with van der Waals surface area (Å²) in [6.45, 7) is 4.45. The van der Waals surface area contributed by atoms with Gasteiger partial charge in [-0.1, -0.05) is 26.0 Å². The van der Waals surface area contributed by atoms with Crippen LogP contribution in [-0.4, -0.2) is 10.2 Å². The Bertz CT molecular complexity index is 550. The van der Waals surface area contributed by atoms with E-state index in [9.17, 15) is 0 Å². The van der Waals surface area contributed by atoms with E-state index in [1.807, 2.05) is 0 Å². The van der Waals surface area contributed by atoms with Crippen molar-refractivity contribution in [2.45, 2.75) is 38.6 Å². The molecule has 2 aromatic rings. The van der Waals surface area contributed by atoms with Gasteiger partial charge in [-0.3, -0.25) is 5.10 Å². The second-order valence-electron chi connectivity index (χ2n) is 5.66. The summed E-state index contributed by atoms with van der Waals surface area (Å²) in [4.78, 5) is 0. The highest BCUT2D eigenvalue weighted by Gasteiger charge is 2.41. The second-order valence-corrected chi connectivity index (χ2v) is 5.66. The lowest BCUT2D eigenvalue weighted by molar-refractivity contribution is 0.635. The number of benzene rings is 1. The predicted octanol–water partition coefficient (Wildman–Crippen LogP) is 2.71. The predicted molar refractivity (Wildman–Crippen MR) is 69.7 cm³/mol. The first kappa shape index (κ1) is 10.8. The molecule has 0 bridgehead atoms. The van der Waals surface area contributed by atoms with E-state index in [0.29, 0.717) is 5.92 Å². The van der Waals surface area contributed by atoms with Gasteiger partial charge in [0.2, 0.25) is 0 Å². The van der Waals surface area contributed by atoms with Gasteiger partial charge < -0.3 is 5.73 Å². The van der Waals surface area contributed by atoms with Crippen molar-refractivity contribution in [3.05, 3.63) is 29.5 Å². The maximum absolute atomic E-state index is 6.35. The molecule has 17 heavy (non-hydrogen) atoms. The smallest absolute Gasteiger partial charge is 0.0927 e. The van der Waals surface area contributed by atoms with Crippen LogP contribution in [0.2, 0.25) is 0 Å². The van der Waals surface area contributed by atoms with Crippen LogP contribution < -0.4 is 5.73 Å². The topological polar surface area (TPSA) is 54.7 Å². The quantitative estimate of drug-likeness (QED) is 0.850. The van der Waals surface area contributed by atoms with Gasteiger partial charge in [0.25, 0.3) is 0 Å². The molecule has 90 valence electrons. The number of rotatable bonds is 3. The van der Waals surface area contributed by atoms with E-state index in [1.165, 1.54) is 16.6 Å². The Morgan fingerprint density at radius 2 is 2.18 bits per heavy atom. The zero-order valence-corrected chi connectivity index (χ0v) is 10.5. The van der Waals surface area contributed by atoms with Crippen LogP contribution in [0.5, 0.6) is 0 Å². The van der Waals surface area contributed by atoms with Crippen molar-refractivity contribution >= 4 is 10.9 Å². The van der Waals surface area contributed by atoms with Crippen LogP contribution in [0.25, 0.3) is 10.9 Å². The minimum absolute atomic E-state index is 0.0882. The molecule has 1 saturated carbocycles. The fraction of sp³-hybridized carbons (Fsp3) is 0.500. The van der Waals surface area contributed by atoms with Gasteiger partial charge in [-0.15, -0.1) is 0 Å². The molecule has 0 amide bonds. The van der Waals surface area contributed by atoms with E-state index < -0.39 is 0 Å². The third-order valence-electron chi connectivity index (χ3n) is 3.59. The first-order chi connectivity index (χ1) is 8.10. The van der Waals surface area contributed by atoms with Crippen LogP contribution in [0.4, 0.5) is 0 Å². The summed E-state index contributed by atoms with van der Waals surface area (Å²) in [6, 6.07) is 6.28. The average molecular weight is 229 g/mol. The van der Waals surface area contributed by atoms with Crippen molar-refractivity contribution in [2.75, 3.05) is 0 Å². The number of aromatic nitrogens is 2. The maximum atomic E-state index is 6.35. The highest BCUT2D eigenvalue weighted by atomic mass is 15.1. The molecule has 0 atom stereocenters.